The largest absolute Gasteiger partial charge is 0.295 e. The molecule has 104 valence electrons. The van der Waals surface area contributed by atoms with Crippen LogP contribution in [0.25, 0.3) is 0 Å². The Hall–Kier alpha value is -1.11. The average Bonchev–Trinajstić information content (AvgIpc) is 2.41. The van der Waals surface area contributed by atoms with Crippen LogP contribution >= 0.6 is 0 Å². The number of hydrogen-bond acceptors (Lipinski definition) is 1. The number of Topliss-reactive ketones (excluding diaryl/α,β-unsaturated/α-hetero) is 1. The lowest BCUT2D eigenvalue weighted by atomic mass is 9.66. The molecule has 1 aliphatic rings. The van der Waals surface area contributed by atoms with E-state index in [1.165, 1.54) is 36.0 Å². The molecule has 19 heavy (non-hydrogen) atoms. The molecule has 2 rings (SSSR count). The number of hydrogen-bond donors (Lipinski definition) is 0. The number of aryl methyl sites for hydroxylation is 1. The molecule has 0 N–H and O–H groups in total. The minimum absolute atomic E-state index is 0.204. The first-order valence-electron chi connectivity index (χ1n) is 7.61. The maximum Gasteiger partial charge on any atom is 0.160 e. The highest BCUT2D eigenvalue weighted by Crippen LogP contribution is 2.45. The zero-order chi connectivity index (χ0) is 14.2. The molecule has 0 aliphatic heterocycles. The van der Waals surface area contributed by atoms with Crippen molar-refractivity contribution in [2.45, 2.75) is 71.6 Å². The van der Waals surface area contributed by atoms with Gasteiger partial charge in [0.25, 0.3) is 0 Å². The molecule has 0 aromatic heterocycles. The zero-order valence-electron chi connectivity index (χ0n) is 13.0. The van der Waals surface area contributed by atoms with Crippen molar-refractivity contribution in [2.75, 3.05) is 0 Å². The second-order valence-corrected chi connectivity index (χ2v) is 6.36. The van der Waals surface area contributed by atoms with Crippen LogP contribution in [0.3, 0.4) is 0 Å². The minimum Gasteiger partial charge on any atom is -0.295 e. The molecular formula is C18H26O. The number of rotatable bonds is 3. The van der Waals surface area contributed by atoms with Crippen molar-refractivity contribution in [1.82, 2.24) is 0 Å². The van der Waals surface area contributed by atoms with Crippen molar-refractivity contribution in [3.8, 4) is 0 Å². The van der Waals surface area contributed by atoms with E-state index >= 15 is 0 Å². The summed E-state index contributed by atoms with van der Waals surface area (Å²) in [4.78, 5) is 11.8. The Morgan fingerprint density at radius 3 is 2.58 bits per heavy atom. The number of carbonyl (C=O) groups is 1. The van der Waals surface area contributed by atoms with Crippen molar-refractivity contribution in [1.29, 1.82) is 0 Å². The molecule has 0 spiro atoms. The minimum atomic E-state index is 0.204. The lowest BCUT2D eigenvalue weighted by Gasteiger charge is -2.39. The average molecular weight is 258 g/mol. The maximum absolute atomic E-state index is 11.8. The molecule has 1 nitrogen and oxygen atoms in total. The fourth-order valence-corrected chi connectivity index (χ4v) is 3.40. The maximum atomic E-state index is 11.8. The highest BCUT2D eigenvalue weighted by molar-refractivity contribution is 5.96. The molecule has 2 atom stereocenters. The van der Waals surface area contributed by atoms with Gasteiger partial charge in [-0.1, -0.05) is 33.8 Å². The van der Waals surface area contributed by atoms with Gasteiger partial charge in [-0.15, -0.1) is 0 Å². The first-order valence-corrected chi connectivity index (χ1v) is 7.61. The van der Waals surface area contributed by atoms with Gasteiger partial charge in [0, 0.05) is 5.56 Å². The Kier molecular flexibility index (Phi) is 3.85. The van der Waals surface area contributed by atoms with Crippen LogP contribution in [0.5, 0.6) is 0 Å². The summed E-state index contributed by atoms with van der Waals surface area (Å²) in [6.45, 7) is 10.8. The van der Waals surface area contributed by atoms with Crippen LogP contribution in [0, 0.1) is 0 Å². The van der Waals surface area contributed by atoms with Gasteiger partial charge in [0.15, 0.2) is 5.78 Å². The standard InChI is InChI=1S/C18H26O/c1-6-14-10-17-15(11-16(14)13(4)19)12(3)8-9-18(17,5)7-2/h10-12H,6-9H2,1-5H3/t12-,18-/m0/s1. The monoisotopic (exact) mass is 258 g/mol. The molecule has 1 heteroatoms. The van der Waals surface area contributed by atoms with Gasteiger partial charge in [-0.2, -0.15) is 0 Å². The normalized spacial score (nSPS) is 26.1. The van der Waals surface area contributed by atoms with Crippen LogP contribution in [-0.2, 0) is 11.8 Å². The summed E-state index contributed by atoms with van der Waals surface area (Å²) in [5, 5.41) is 0. The Balaban J connectivity index is 2.67. The molecule has 0 radical (unpaired) electrons. The van der Waals surface area contributed by atoms with Crippen LogP contribution in [0.15, 0.2) is 12.1 Å². The second-order valence-electron chi connectivity index (χ2n) is 6.36. The summed E-state index contributed by atoms with van der Waals surface area (Å²) in [5.74, 6) is 0.786. The highest BCUT2D eigenvalue weighted by Gasteiger charge is 2.34. The molecule has 1 aliphatic carbocycles. The Morgan fingerprint density at radius 2 is 2.05 bits per heavy atom. The molecule has 0 saturated heterocycles. The van der Waals surface area contributed by atoms with E-state index in [0.29, 0.717) is 11.3 Å². The molecule has 0 amide bonds. The van der Waals surface area contributed by atoms with Gasteiger partial charge in [0.1, 0.15) is 0 Å². The summed E-state index contributed by atoms with van der Waals surface area (Å²) in [6.07, 6.45) is 4.62. The van der Waals surface area contributed by atoms with E-state index in [1.54, 1.807) is 6.92 Å². The van der Waals surface area contributed by atoms with E-state index < -0.39 is 0 Å². The van der Waals surface area contributed by atoms with Crippen molar-refractivity contribution in [2.24, 2.45) is 0 Å². The second kappa shape index (κ2) is 5.11. The van der Waals surface area contributed by atoms with E-state index in [0.717, 1.165) is 12.0 Å². The third-order valence-electron chi connectivity index (χ3n) is 5.13. The SMILES string of the molecule is CCc1cc2c(cc1C(C)=O)[C@@H](C)CC[C@]2(C)CC. The molecule has 0 saturated carbocycles. The molecule has 0 fully saturated rings. The first-order chi connectivity index (χ1) is 8.92. The third-order valence-corrected chi connectivity index (χ3v) is 5.13. The lowest BCUT2D eigenvalue weighted by molar-refractivity contribution is 0.101. The van der Waals surface area contributed by atoms with Gasteiger partial charge in [0.05, 0.1) is 0 Å². The van der Waals surface area contributed by atoms with E-state index in [1.807, 2.05) is 0 Å². The van der Waals surface area contributed by atoms with Gasteiger partial charge in [-0.25, -0.2) is 0 Å². The van der Waals surface area contributed by atoms with E-state index in [4.69, 9.17) is 0 Å². The molecule has 0 unspecified atom stereocenters. The Morgan fingerprint density at radius 1 is 1.37 bits per heavy atom. The lowest BCUT2D eigenvalue weighted by Crippen LogP contribution is -2.29. The summed E-state index contributed by atoms with van der Waals surface area (Å²) in [5.41, 5.74) is 5.36. The van der Waals surface area contributed by atoms with Crippen LogP contribution in [-0.4, -0.2) is 5.78 Å². The van der Waals surface area contributed by atoms with Crippen molar-refractivity contribution >= 4 is 5.78 Å². The molecule has 1 aromatic carbocycles. The van der Waals surface area contributed by atoms with Crippen LogP contribution in [0.2, 0.25) is 0 Å². The quantitative estimate of drug-likeness (QED) is 0.696. The van der Waals surface area contributed by atoms with Crippen LogP contribution < -0.4 is 0 Å². The van der Waals surface area contributed by atoms with Gasteiger partial charge < -0.3 is 0 Å². The number of benzene rings is 1. The molecular weight excluding hydrogens is 232 g/mol. The number of carbonyl (C=O) groups excluding carboxylic acids is 1. The molecule has 1 aromatic rings. The van der Waals surface area contributed by atoms with Crippen LogP contribution in [0.1, 0.15) is 86.8 Å². The van der Waals surface area contributed by atoms with Crippen molar-refractivity contribution < 1.29 is 4.79 Å². The zero-order valence-corrected chi connectivity index (χ0v) is 13.0. The fourth-order valence-electron chi connectivity index (χ4n) is 3.40. The summed E-state index contributed by atoms with van der Waals surface area (Å²) in [7, 11) is 0. The van der Waals surface area contributed by atoms with E-state index in [-0.39, 0.29) is 5.78 Å². The molecule has 0 bridgehead atoms. The van der Waals surface area contributed by atoms with E-state index in [9.17, 15) is 4.79 Å². The summed E-state index contributed by atoms with van der Waals surface area (Å²) >= 11 is 0. The highest BCUT2D eigenvalue weighted by atomic mass is 16.1. The summed E-state index contributed by atoms with van der Waals surface area (Å²) in [6, 6.07) is 4.51. The Bertz CT molecular complexity index is 501. The summed E-state index contributed by atoms with van der Waals surface area (Å²) < 4.78 is 0. The van der Waals surface area contributed by atoms with Crippen molar-refractivity contribution in [3.63, 3.8) is 0 Å². The van der Waals surface area contributed by atoms with Gasteiger partial charge in [-0.05, 0) is 66.7 Å². The smallest absolute Gasteiger partial charge is 0.160 e. The van der Waals surface area contributed by atoms with Crippen molar-refractivity contribution in [3.05, 3.63) is 34.4 Å². The van der Waals surface area contributed by atoms with Gasteiger partial charge in [-0.3, -0.25) is 4.79 Å². The first kappa shape index (κ1) is 14.3. The predicted molar refractivity (Wildman–Crippen MR) is 81.1 cm³/mol. The predicted octanol–water partition coefficient (Wildman–Crippen LogP) is 5.02. The van der Waals surface area contributed by atoms with Crippen LogP contribution in [0.4, 0.5) is 0 Å². The van der Waals surface area contributed by atoms with E-state index in [2.05, 4.69) is 39.8 Å². The number of fused-ring (bicyclic) bond motifs is 1. The topological polar surface area (TPSA) is 17.1 Å². The number of ketones is 1. The van der Waals surface area contributed by atoms with Gasteiger partial charge in [0.2, 0.25) is 0 Å². The molecule has 0 heterocycles. The van der Waals surface area contributed by atoms with Gasteiger partial charge >= 0.3 is 0 Å². The third kappa shape index (κ3) is 2.35. The fraction of sp³-hybridized carbons (Fsp3) is 0.611. The Labute approximate surface area is 117 Å².